The number of rotatable bonds is 5. The molecule has 0 unspecified atom stereocenters. The standard InChI is InChI=1S/C18H12Cl2FNO3S/c19-11-7-12(20)9-14(8-11)22-17(24)15(10-1-3-13(21)4-2-10)16(18(22)25)26-6-5-23/h1-4,7-9,23H,5-6H2. The van der Waals surface area contributed by atoms with Gasteiger partial charge in [-0.15, -0.1) is 11.8 Å². The quantitative estimate of drug-likeness (QED) is 0.750. The molecule has 0 aromatic heterocycles. The highest BCUT2D eigenvalue weighted by Crippen LogP contribution is 2.39. The molecule has 2 aromatic rings. The summed E-state index contributed by atoms with van der Waals surface area (Å²) in [7, 11) is 0. The van der Waals surface area contributed by atoms with E-state index in [1.54, 1.807) is 0 Å². The molecule has 0 atom stereocenters. The Morgan fingerprint density at radius 1 is 1.00 bits per heavy atom. The molecule has 0 radical (unpaired) electrons. The number of carbonyl (C=O) groups excluding carboxylic acids is 2. The number of nitrogens with zero attached hydrogens (tertiary/aromatic N) is 1. The highest BCUT2D eigenvalue weighted by atomic mass is 35.5. The summed E-state index contributed by atoms with van der Waals surface area (Å²) in [6.45, 7) is -0.157. The average Bonchev–Trinajstić information content (AvgIpc) is 2.83. The lowest BCUT2D eigenvalue weighted by atomic mass is 10.1. The van der Waals surface area contributed by atoms with Crippen LogP contribution in [0.2, 0.25) is 10.0 Å². The van der Waals surface area contributed by atoms with Crippen LogP contribution in [0.15, 0.2) is 47.4 Å². The first-order chi connectivity index (χ1) is 12.4. The summed E-state index contributed by atoms with van der Waals surface area (Å²) >= 11 is 13.0. The molecule has 2 amide bonds. The molecule has 0 saturated heterocycles. The predicted octanol–water partition coefficient (Wildman–Crippen LogP) is 4.14. The van der Waals surface area contributed by atoms with Gasteiger partial charge in [-0.3, -0.25) is 9.59 Å². The van der Waals surface area contributed by atoms with Gasteiger partial charge in [0.1, 0.15) is 5.82 Å². The molecule has 2 aromatic carbocycles. The molecular weight excluding hydrogens is 400 g/mol. The van der Waals surface area contributed by atoms with E-state index >= 15 is 0 Å². The Labute approximate surface area is 163 Å². The van der Waals surface area contributed by atoms with Crippen molar-refractivity contribution >= 4 is 58.0 Å². The van der Waals surface area contributed by atoms with E-state index in [4.69, 9.17) is 28.3 Å². The predicted molar refractivity (Wildman–Crippen MR) is 102 cm³/mol. The molecule has 8 heteroatoms. The molecule has 4 nitrogen and oxygen atoms in total. The number of benzene rings is 2. The van der Waals surface area contributed by atoms with Crippen molar-refractivity contribution in [2.75, 3.05) is 17.3 Å². The number of amides is 2. The summed E-state index contributed by atoms with van der Waals surface area (Å²) in [5.74, 6) is -1.30. The molecule has 3 rings (SSSR count). The second-order valence-electron chi connectivity index (χ2n) is 5.36. The van der Waals surface area contributed by atoms with Gasteiger partial charge in [-0.2, -0.15) is 0 Å². The van der Waals surface area contributed by atoms with Crippen molar-refractivity contribution in [3.05, 3.63) is 68.8 Å². The highest BCUT2D eigenvalue weighted by Gasteiger charge is 2.40. The number of aliphatic hydroxyl groups is 1. The van der Waals surface area contributed by atoms with Gasteiger partial charge in [0.2, 0.25) is 0 Å². The zero-order chi connectivity index (χ0) is 18.8. The summed E-state index contributed by atoms with van der Waals surface area (Å²) in [5.41, 5.74) is 0.821. The van der Waals surface area contributed by atoms with Gasteiger partial charge in [0.05, 0.1) is 22.8 Å². The minimum absolute atomic E-state index is 0.157. The van der Waals surface area contributed by atoms with Crippen LogP contribution in [0, 0.1) is 5.82 Å². The van der Waals surface area contributed by atoms with Crippen LogP contribution in [0.1, 0.15) is 5.56 Å². The van der Waals surface area contributed by atoms with Crippen LogP contribution in [0.3, 0.4) is 0 Å². The van der Waals surface area contributed by atoms with E-state index in [1.807, 2.05) is 0 Å². The molecule has 0 aliphatic carbocycles. The summed E-state index contributed by atoms with van der Waals surface area (Å²) in [6.07, 6.45) is 0. The second-order valence-corrected chi connectivity index (χ2v) is 7.33. The van der Waals surface area contributed by atoms with E-state index in [-0.39, 0.29) is 38.6 Å². The van der Waals surface area contributed by atoms with Crippen LogP contribution in [0.5, 0.6) is 0 Å². The topological polar surface area (TPSA) is 57.6 Å². The summed E-state index contributed by atoms with van der Waals surface area (Å²) in [4.78, 5) is 27.0. The number of thioether (sulfide) groups is 1. The summed E-state index contributed by atoms with van der Waals surface area (Å²) < 4.78 is 13.2. The Balaban J connectivity index is 2.09. The van der Waals surface area contributed by atoms with Crippen molar-refractivity contribution in [3.63, 3.8) is 0 Å². The summed E-state index contributed by atoms with van der Waals surface area (Å²) in [5, 5.41) is 9.66. The maximum Gasteiger partial charge on any atom is 0.272 e. The number of aliphatic hydroxyl groups excluding tert-OH is 1. The van der Waals surface area contributed by atoms with Gasteiger partial charge in [-0.05, 0) is 35.9 Å². The normalized spacial score (nSPS) is 14.5. The summed E-state index contributed by atoms with van der Waals surface area (Å²) in [6, 6.07) is 9.72. The molecule has 1 aliphatic rings. The van der Waals surface area contributed by atoms with E-state index in [1.165, 1.54) is 42.5 Å². The highest BCUT2D eigenvalue weighted by molar-refractivity contribution is 8.04. The Morgan fingerprint density at radius 2 is 1.62 bits per heavy atom. The number of hydrogen-bond donors (Lipinski definition) is 1. The molecule has 0 fully saturated rings. The van der Waals surface area contributed by atoms with E-state index in [2.05, 4.69) is 0 Å². The van der Waals surface area contributed by atoms with Crippen molar-refractivity contribution in [1.29, 1.82) is 0 Å². The van der Waals surface area contributed by atoms with Gasteiger partial charge in [0, 0.05) is 15.8 Å². The fourth-order valence-electron chi connectivity index (χ4n) is 2.57. The molecule has 134 valence electrons. The first kappa shape index (κ1) is 18.9. The van der Waals surface area contributed by atoms with Crippen molar-refractivity contribution in [2.24, 2.45) is 0 Å². The lowest BCUT2D eigenvalue weighted by molar-refractivity contribution is -0.119. The third-order valence-electron chi connectivity index (χ3n) is 3.62. The third kappa shape index (κ3) is 3.64. The Bertz CT molecular complexity index is 895. The molecule has 1 heterocycles. The van der Waals surface area contributed by atoms with Gasteiger partial charge < -0.3 is 5.11 Å². The van der Waals surface area contributed by atoms with E-state index in [0.29, 0.717) is 5.56 Å². The van der Waals surface area contributed by atoms with Crippen molar-refractivity contribution in [2.45, 2.75) is 0 Å². The van der Waals surface area contributed by atoms with Gasteiger partial charge in [-0.25, -0.2) is 9.29 Å². The molecular formula is C18H12Cl2FNO3S. The van der Waals surface area contributed by atoms with Crippen molar-refractivity contribution in [1.82, 2.24) is 0 Å². The lowest BCUT2D eigenvalue weighted by Crippen LogP contribution is -2.31. The largest absolute Gasteiger partial charge is 0.396 e. The van der Waals surface area contributed by atoms with E-state index in [0.717, 1.165) is 16.7 Å². The molecule has 0 saturated carbocycles. The molecule has 0 bridgehead atoms. The lowest BCUT2D eigenvalue weighted by Gasteiger charge is -2.16. The van der Waals surface area contributed by atoms with Crippen molar-refractivity contribution < 1.29 is 19.1 Å². The second kappa shape index (κ2) is 7.80. The van der Waals surface area contributed by atoms with Gasteiger partial charge >= 0.3 is 0 Å². The maximum absolute atomic E-state index is 13.2. The fraction of sp³-hybridized carbons (Fsp3) is 0.111. The average molecular weight is 412 g/mol. The Hall–Kier alpha value is -1.86. The van der Waals surface area contributed by atoms with Crippen LogP contribution < -0.4 is 4.90 Å². The number of halogens is 3. The smallest absolute Gasteiger partial charge is 0.272 e. The van der Waals surface area contributed by atoms with Crippen LogP contribution in [-0.4, -0.2) is 29.3 Å². The number of anilines is 1. The van der Waals surface area contributed by atoms with Gasteiger partial charge in [0.25, 0.3) is 11.8 Å². The van der Waals surface area contributed by atoms with Gasteiger partial charge in [-0.1, -0.05) is 35.3 Å². The molecule has 26 heavy (non-hydrogen) atoms. The number of imide groups is 1. The van der Waals surface area contributed by atoms with E-state index < -0.39 is 17.6 Å². The number of carbonyl (C=O) groups is 2. The van der Waals surface area contributed by atoms with Crippen molar-refractivity contribution in [3.8, 4) is 0 Å². The minimum Gasteiger partial charge on any atom is -0.396 e. The van der Waals surface area contributed by atoms with Crippen LogP contribution in [0.25, 0.3) is 5.57 Å². The third-order valence-corrected chi connectivity index (χ3v) is 5.11. The van der Waals surface area contributed by atoms with Crippen LogP contribution >= 0.6 is 35.0 Å². The molecule has 0 spiro atoms. The SMILES string of the molecule is O=C1C(SCCO)=C(c2ccc(F)cc2)C(=O)N1c1cc(Cl)cc(Cl)c1. The van der Waals surface area contributed by atoms with E-state index in [9.17, 15) is 14.0 Å². The monoisotopic (exact) mass is 411 g/mol. The first-order valence-corrected chi connectivity index (χ1v) is 9.25. The van der Waals surface area contributed by atoms with Crippen LogP contribution in [0.4, 0.5) is 10.1 Å². The first-order valence-electron chi connectivity index (χ1n) is 7.51. The molecule has 1 N–H and O–H groups in total. The maximum atomic E-state index is 13.2. The minimum atomic E-state index is -0.555. The van der Waals surface area contributed by atoms with Gasteiger partial charge in [0.15, 0.2) is 0 Å². The fourth-order valence-corrected chi connectivity index (χ4v) is 3.94. The number of hydrogen-bond acceptors (Lipinski definition) is 4. The Morgan fingerprint density at radius 3 is 2.19 bits per heavy atom. The zero-order valence-corrected chi connectivity index (χ0v) is 15.5. The molecule has 1 aliphatic heterocycles. The van der Waals surface area contributed by atoms with Crippen LogP contribution in [-0.2, 0) is 9.59 Å². The Kier molecular flexibility index (Phi) is 5.67. The zero-order valence-electron chi connectivity index (χ0n) is 13.2.